The molecule has 5 rings (SSSR count). The number of carbonyl (C=O) groups excluding carboxylic acids is 1. The van der Waals surface area contributed by atoms with E-state index in [4.69, 9.17) is 5.41 Å². The normalized spacial score (nSPS) is 16.8. The molecule has 0 atom stereocenters. The van der Waals surface area contributed by atoms with Crippen molar-refractivity contribution in [1.29, 1.82) is 5.41 Å². The molecule has 33 heavy (non-hydrogen) atoms. The molecule has 0 unspecified atom stereocenters. The molecule has 0 aliphatic carbocycles. The number of aliphatic imine (C=N–C) groups is 1. The van der Waals surface area contributed by atoms with E-state index in [1.165, 1.54) is 17.1 Å². The first-order chi connectivity index (χ1) is 15.8. The average Bonchev–Trinajstić information content (AvgIpc) is 3.32. The van der Waals surface area contributed by atoms with Crippen LogP contribution in [-0.2, 0) is 4.79 Å². The highest BCUT2D eigenvalue weighted by molar-refractivity contribution is 8.27. The van der Waals surface area contributed by atoms with E-state index in [9.17, 15) is 13.6 Å². The van der Waals surface area contributed by atoms with Gasteiger partial charge in [-0.2, -0.15) is 15.1 Å². The molecule has 0 fully saturated rings. The quantitative estimate of drug-likeness (QED) is 0.556. The number of rotatable bonds is 3. The number of nitrogens with one attached hydrogen (secondary N) is 1. The van der Waals surface area contributed by atoms with E-state index in [2.05, 4.69) is 10.1 Å². The minimum absolute atomic E-state index is 0.0478. The van der Waals surface area contributed by atoms with Crippen molar-refractivity contribution in [2.75, 3.05) is 0 Å². The zero-order valence-corrected chi connectivity index (χ0v) is 18.5. The van der Waals surface area contributed by atoms with Gasteiger partial charge in [0.15, 0.2) is 5.84 Å². The molecular weight excluding hydrogens is 444 g/mol. The molecule has 0 radical (unpaired) electrons. The molecule has 3 heterocycles. The molecule has 0 bridgehead atoms. The number of para-hydroxylation sites is 1. The standard InChI is InChI=1S/C24H17F2N5OS/c1-13-11-15(14(2)30(13)20-10-6-5-9-19(20)26)12-17-21(27)31-24(28-22(17)32)33-23(29-31)16-7-3-4-8-18(16)25/h3-12,27H,1-2H3/b17-12+,27-21?. The Morgan fingerprint density at radius 2 is 1.73 bits per heavy atom. The summed E-state index contributed by atoms with van der Waals surface area (Å²) in [6.07, 6.45) is 1.56. The van der Waals surface area contributed by atoms with Crippen LogP contribution in [0.25, 0.3) is 11.8 Å². The topological polar surface area (TPSA) is 73.8 Å². The molecule has 0 saturated heterocycles. The van der Waals surface area contributed by atoms with Gasteiger partial charge >= 0.3 is 0 Å². The minimum atomic E-state index is -0.584. The first-order valence-electron chi connectivity index (χ1n) is 10.0. The van der Waals surface area contributed by atoms with E-state index >= 15 is 0 Å². The molecule has 9 heteroatoms. The van der Waals surface area contributed by atoms with Crippen molar-refractivity contribution in [3.63, 3.8) is 0 Å². The number of hydrogen-bond acceptors (Lipinski definition) is 4. The van der Waals surface area contributed by atoms with E-state index in [-0.39, 0.29) is 28.0 Å². The molecule has 6 nitrogen and oxygen atoms in total. The first kappa shape index (κ1) is 21.0. The third-order valence-corrected chi connectivity index (χ3v) is 6.36. The summed E-state index contributed by atoms with van der Waals surface area (Å²) in [5, 5.41) is 14.6. The first-order valence-corrected chi connectivity index (χ1v) is 10.9. The Balaban J connectivity index is 1.53. The predicted octanol–water partition coefficient (Wildman–Crippen LogP) is 5.04. The maximum atomic E-state index is 14.4. The molecule has 3 aromatic rings. The fourth-order valence-electron chi connectivity index (χ4n) is 3.83. The van der Waals surface area contributed by atoms with Gasteiger partial charge in [0.05, 0.1) is 11.3 Å². The van der Waals surface area contributed by atoms with Crippen LogP contribution in [-0.4, -0.2) is 31.5 Å². The van der Waals surface area contributed by atoms with Crippen molar-refractivity contribution in [3.8, 4) is 5.69 Å². The number of amidine groups is 2. The molecule has 1 amide bonds. The minimum Gasteiger partial charge on any atom is -0.315 e. The second-order valence-electron chi connectivity index (χ2n) is 7.52. The van der Waals surface area contributed by atoms with Crippen LogP contribution in [0.3, 0.4) is 0 Å². The summed E-state index contributed by atoms with van der Waals surface area (Å²) >= 11 is 1.04. The lowest BCUT2D eigenvalue weighted by molar-refractivity contribution is -0.114. The highest BCUT2D eigenvalue weighted by atomic mass is 32.2. The zero-order valence-electron chi connectivity index (χ0n) is 17.6. The molecular formula is C24H17F2N5OS. The zero-order chi connectivity index (χ0) is 23.3. The highest BCUT2D eigenvalue weighted by Crippen LogP contribution is 2.32. The van der Waals surface area contributed by atoms with Gasteiger partial charge in [-0.15, -0.1) is 0 Å². The Morgan fingerprint density at radius 1 is 1.03 bits per heavy atom. The van der Waals surface area contributed by atoms with Crippen LogP contribution in [0.15, 0.2) is 70.3 Å². The maximum absolute atomic E-state index is 14.4. The van der Waals surface area contributed by atoms with Gasteiger partial charge in [-0.05, 0) is 67.6 Å². The number of aromatic nitrogens is 1. The van der Waals surface area contributed by atoms with Crippen LogP contribution in [0, 0.1) is 30.9 Å². The SMILES string of the molecule is Cc1cc(/C=C2\C(=N)N3N=C(c4ccccc4F)SC3=NC2=O)c(C)n1-c1ccccc1F. The van der Waals surface area contributed by atoms with Crippen LogP contribution in [0.4, 0.5) is 8.78 Å². The molecule has 0 spiro atoms. The highest BCUT2D eigenvalue weighted by Gasteiger charge is 2.36. The van der Waals surface area contributed by atoms with Crippen LogP contribution in [0.5, 0.6) is 0 Å². The second kappa shape index (κ2) is 7.93. The van der Waals surface area contributed by atoms with Gasteiger partial charge in [-0.1, -0.05) is 24.3 Å². The largest absolute Gasteiger partial charge is 0.315 e. The van der Waals surface area contributed by atoms with Crippen molar-refractivity contribution in [1.82, 2.24) is 9.58 Å². The fourth-order valence-corrected chi connectivity index (χ4v) is 4.75. The summed E-state index contributed by atoms with van der Waals surface area (Å²) in [5.74, 6) is -1.55. The van der Waals surface area contributed by atoms with E-state index in [1.54, 1.807) is 47.0 Å². The molecule has 2 aliphatic rings. The smallest absolute Gasteiger partial charge is 0.283 e. The molecule has 164 valence electrons. The predicted molar refractivity (Wildman–Crippen MR) is 126 cm³/mol. The van der Waals surface area contributed by atoms with Crippen LogP contribution in [0.2, 0.25) is 0 Å². The lowest BCUT2D eigenvalue weighted by Crippen LogP contribution is -2.35. The van der Waals surface area contributed by atoms with Gasteiger partial charge in [0, 0.05) is 17.0 Å². The average molecular weight is 461 g/mol. The van der Waals surface area contributed by atoms with E-state index in [1.807, 2.05) is 19.9 Å². The Labute approximate surface area is 192 Å². The van der Waals surface area contributed by atoms with Gasteiger partial charge < -0.3 is 4.57 Å². The van der Waals surface area contributed by atoms with Crippen molar-refractivity contribution in [3.05, 3.63) is 94.3 Å². The number of benzene rings is 2. The number of aryl methyl sites for hydroxylation is 1. The fraction of sp³-hybridized carbons (Fsp3) is 0.0833. The molecule has 2 aromatic carbocycles. The number of thioether (sulfide) groups is 1. The summed E-state index contributed by atoms with van der Waals surface area (Å²) in [4.78, 5) is 16.8. The van der Waals surface area contributed by atoms with Crippen LogP contribution >= 0.6 is 11.8 Å². The number of nitrogens with zero attached hydrogens (tertiary/aromatic N) is 4. The molecule has 2 aliphatic heterocycles. The molecule has 1 aromatic heterocycles. The van der Waals surface area contributed by atoms with Crippen molar-refractivity contribution < 1.29 is 13.6 Å². The summed E-state index contributed by atoms with van der Waals surface area (Å²) in [6.45, 7) is 3.66. The van der Waals surface area contributed by atoms with E-state index < -0.39 is 11.7 Å². The maximum Gasteiger partial charge on any atom is 0.283 e. The Kier molecular flexibility index (Phi) is 5.05. The number of carbonyl (C=O) groups is 1. The number of hydrogen-bond donors (Lipinski definition) is 1. The van der Waals surface area contributed by atoms with Crippen LogP contribution < -0.4 is 0 Å². The Bertz CT molecular complexity index is 1440. The van der Waals surface area contributed by atoms with Gasteiger partial charge in [-0.25, -0.2) is 8.78 Å². The Morgan fingerprint density at radius 3 is 2.45 bits per heavy atom. The molecule has 1 N–H and O–H groups in total. The third kappa shape index (κ3) is 3.50. The summed E-state index contributed by atoms with van der Waals surface area (Å²) in [7, 11) is 0. The monoisotopic (exact) mass is 461 g/mol. The van der Waals surface area contributed by atoms with E-state index in [0.717, 1.165) is 17.5 Å². The Hall–Kier alpha value is -3.85. The van der Waals surface area contributed by atoms with Crippen molar-refractivity contribution >= 4 is 39.8 Å². The summed E-state index contributed by atoms with van der Waals surface area (Å²) < 4.78 is 30.3. The van der Waals surface area contributed by atoms with E-state index in [0.29, 0.717) is 22.0 Å². The third-order valence-electron chi connectivity index (χ3n) is 5.42. The summed E-state index contributed by atoms with van der Waals surface area (Å²) in [6, 6.07) is 14.4. The van der Waals surface area contributed by atoms with Gasteiger partial charge in [0.25, 0.3) is 5.91 Å². The second-order valence-corrected chi connectivity index (χ2v) is 8.47. The van der Waals surface area contributed by atoms with Crippen molar-refractivity contribution in [2.24, 2.45) is 10.1 Å². The number of halogens is 2. The number of hydrazone groups is 1. The van der Waals surface area contributed by atoms with Crippen molar-refractivity contribution in [2.45, 2.75) is 13.8 Å². The molecule has 0 saturated carbocycles. The number of fused-ring (bicyclic) bond motifs is 1. The lowest BCUT2D eigenvalue weighted by Gasteiger charge is -2.20. The number of amides is 1. The lowest BCUT2D eigenvalue weighted by atomic mass is 10.1. The van der Waals surface area contributed by atoms with Crippen LogP contribution in [0.1, 0.15) is 22.5 Å². The summed E-state index contributed by atoms with van der Waals surface area (Å²) in [5.41, 5.74) is 2.88. The van der Waals surface area contributed by atoms with Gasteiger partial charge in [0.1, 0.15) is 16.7 Å². The van der Waals surface area contributed by atoms with Gasteiger partial charge in [0.2, 0.25) is 5.17 Å². The van der Waals surface area contributed by atoms with Gasteiger partial charge in [-0.3, -0.25) is 10.2 Å².